The molecule has 2 aromatic rings. The molecular formula is C20H20N2O7. The summed E-state index contributed by atoms with van der Waals surface area (Å²) in [5.74, 6) is -1.80. The molecule has 0 radical (unpaired) electrons. The number of benzene rings is 1. The van der Waals surface area contributed by atoms with Gasteiger partial charge in [0.05, 0.1) is 7.11 Å². The first-order chi connectivity index (χ1) is 13.7. The Labute approximate surface area is 166 Å². The van der Waals surface area contributed by atoms with Crippen LogP contribution in [0.15, 0.2) is 40.8 Å². The highest BCUT2D eigenvalue weighted by atomic mass is 16.6. The van der Waals surface area contributed by atoms with E-state index in [2.05, 4.69) is 10.1 Å². The first kappa shape index (κ1) is 20.1. The zero-order chi connectivity index (χ0) is 21.2. The summed E-state index contributed by atoms with van der Waals surface area (Å²) in [6.45, 7) is 2.70. The molecule has 0 aliphatic carbocycles. The molecule has 29 heavy (non-hydrogen) atoms. The number of ether oxygens (including phenoxy) is 2. The predicted molar refractivity (Wildman–Crippen MR) is 98.6 cm³/mol. The second-order valence-corrected chi connectivity index (χ2v) is 6.73. The third-order valence-corrected chi connectivity index (χ3v) is 4.61. The van der Waals surface area contributed by atoms with E-state index >= 15 is 0 Å². The van der Waals surface area contributed by atoms with Crippen LogP contribution in [0.4, 0.5) is 4.79 Å². The molecule has 2 heterocycles. The molecule has 1 atom stereocenters. The minimum absolute atomic E-state index is 0.0264. The Bertz CT molecular complexity index is 963. The van der Waals surface area contributed by atoms with Crippen molar-refractivity contribution in [2.75, 3.05) is 13.7 Å². The molecule has 1 fully saturated rings. The van der Waals surface area contributed by atoms with Gasteiger partial charge in [0.15, 0.2) is 0 Å². The number of urea groups is 1. The van der Waals surface area contributed by atoms with Crippen molar-refractivity contribution in [3.63, 3.8) is 0 Å². The lowest BCUT2D eigenvalue weighted by molar-refractivity contribution is -0.149. The zero-order valence-electron chi connectivity index (χ0n) is 16.2. The molecule has 0 unspecified atom stereocenters. The molecule has 0 bridgehead atoms. The van der Waals surface area contributed by atoms with Gasteiger partial charge in [0.25, 0.3) is 5.91 Å². The number of furan rings is 1. The average molecular weight is 400 g/mol. The van der Waals surface area contributed by atoms with Crippen molar-refractivity contribution in [3.8, 4) is 0 Å². The lowest BCUT2D eigenvalue weighted by Gasteiger charge is -2.22. The Morgan fingerprint density at radius 2 is 1.83 bits per heavy atom. The third kappa shape index (κ3) is 3.98. The van der Waals surface area contributed by atoms with Gasteiger partial charge in [-0.3, -0.25) is 14.5 Å². The second-order valence-electron chi connectivity index (χ2n) is 6.73. The van der Waals surface area contributed by atoms with E-state index in [0.29, 0.717) is 5.56 Å². The Morgan fingerprint density at radius 3 is 2.48 bits per heavy atom. The number of nitrogens with one attached hydrogen (secondary N) is 1. The van der Waals surface area contributed by atoms with E-state index < -0.39 is 36.0 Å². The monoisotopic (exact) mass is 400 g/mol. The molecule has 0 saturated carbocycles. The van der Waals surface area contributed by atoms with Crippen molar-refractivity contribution in [3.05, 3.63) is 59.0 Å². The van der Waals surface area contributed by atoms with Gasteiger partial charge in [0, 0.05) is 0 Å². The van der Waals surface area contributed by atoms with Gasteiger partial charge < -0.3 is 19.2 Å². The Morgan fingerprint density at radius 1 is 1.14 bits per heavy atom. The van der Waals surface area contributed by atoms with Crippen LogP contribution < -0.4 is 5.32 Å². The molecular weight excluding hydrogens is 380 g/mol. The van der Waals surface area contributed by atoms with Crippen molar-refractivity contribution in [1.29, 1.82) is 0 Å². The number of aryl methyl sites for hydroxylation is 1. The number of carbonyl (C=O) groups is 4. The predicted octanol–water partition coefficient (Wildman–Crippen LogP) is 1.89. The molecule has 1 N–H and O–H groups in total. The molecule has 1 aromatic carbocycles. The van der Waals surface area contributed by atoms with E-state index in [-0.39, 0.29) is 18.1 Å². The highest BCUT2D eigenvalue weighted by molar-refractivity contribution is 6.08. The maximum atomic E-state index is 12.8. The highest BCUT2D eigenvalue weighted by Gasteiger charge is 2.49. The number of carbonyl (C=O) groups excluding carboxylic acids is 4. The number of hydrogen-bond acceptors (Lipinski definition) is 7. The summed E-state index contributed by atoms with van der Waals surface area (Å²) in [7, 11) is 1.22. The van der Waals surface area contributed by atoms with Gasteiger partial charge >= 0.3 is 18.0 Å². The van der Waals surface area contributed by atoms with E-state index in [1.807, 2.05) is 19.1 Å². The maximum absolute atomic E-state index is 12.8. The fraction of sp³-hybridized carbons (Fsp3) is 0.300. The number of esters is 2. The van der Waals surface area contributed by atoms with Gasteiger partial charge in [-0.15, -0.1) is 0 Å². The van der Waals surface area contributed by atoms with Gasteiger partial charge in [-0.05, 0) is 31.5 Å². The first-order valence-electron chi connectivity index (χ1n) is 8.78. The van der Waals surface area contributed by atoms with Crippen LogP contribution in [0.2, 0.25) is 0 Å². The summed E-state index contributed by atoms with van der Waals surface area (Å²) in [5, 5.41) is 2.63. The van der Waals surface area contributed by atoms with Crippen LogP contribution in [-0.2, 0) is 31.2 Å². The van der Waals surface area contributed by atoms with Crippen LogP contribution in [0.25, 0.3) is 0 Å². The van der Waals surface area contributed by atoms with E-state index in [0.717, 1.165) is 10.5 Å². The van der Waals surface area contributed by atoms with Gasteiger partial charge in [0.1, 0.15) is 24.5 Å². The van der Waals surface area contributed by atoms with Crippen molar-refractivity contribution in [2.45, 2.75) is 26.0 Å². The molecule has 152 valence electrons. The first-order valence-corrected chi connectivity index (χ1v) is 8.78. The largest absolute Gasteiger partial charge is 0.463 e. The van der Waals surface area contributed by atoms with Crippen molar-refractivity contribution < 1.29 is 33.1 Å². The van der Waals surface area contributed by atoms with Crippen LogP contribution in [0.5, 0.6) is 0 Å². The third-order valence-electron chi connectivity index (χ3n) is 4.61. The number of hydrogen-bond donors (Lipinski definition) is 1. The van der Waals surface area contributed by atoms with Crippen molar-refractivity contribution >= 4 is 23.9 Å². The summed E-state index contributed by atoms with van der Waals surface area (Å²) in [4.78, 5) is 49.4. The zero-order valence-corrected chi connectivity index (χ0v) is 16.2. The van der Waals surface area contributed by atoms with Crippen LogP contribution in [0, 0.1) is 6.92 Å². The topological polar surface area (TPSA) is 115 Å². The quantitative estimate of drug-likeness (QED) is 0.581. The number of amides is 3. The fourth-order valence-electron chi connectivity index (χ4n) is 2.92. The number of imide groups is 1. The summed E-state index contributed by atoms with van der Waals surface area (Å²) in [6, 6.07) is 9.35. The molecule has 1 saturated heterocycles. The summed E-state index contributed by atoms with van der Waals surface area (Å²) >= 11 is 0. The molecule has 3 rings (SSSR count). The summed E-state index contributed by atoms with van der Waals surface area (Å²) in [5.41, 5.74) is 0.368. The van der Waals surface area contributed by atoms with Gasteiger partial charge in [-0.25, -0.2) is 9.59 Å². The smallest absolute Gasteiger partial charge is 0.373 e. The molecule has 9 heteroatoms. The highest BCUT2D eigenvalue weighted by Crippen LogP contribution is 2.29. The second kappa shape index (κ2) is 7.78. The number of nitrogens with zero attached hydrogens (tertiary/aromatic N) is 1. The molecule has 1 aromatic heterocycles. The Kier molecular flexibility index (Phi) is 5.40. The van der Waals surface area contributed by atoms with Crippen LogP contribution >= 0.6 is 0 Å². The van der Waals surface area contributed by atoms with Crippen LogP contribution in [0.1, 0.15) is 34.4 Å². The van der Waals surface area contributed by atoms with Gasteiger partial charge in [0.2, 0.25) is 5.76 Å². The van der Waals surface area contributed by atoms with Crippen LogP contribution in [-0.4, -0.2) is 42.4 Å². The number of rotatable bonds is 6. The van der Waals surface area contributed by atoms with E-state index in [4.69, 9.17) is 9.15 Å². The molecule has 3 amide bonds. The van der Waals surface area contributed by atoms with Crippen molar-refractivity contribution in [1.82, 2.24) is 10.2 Å². The minimum Gasteiger partial charge on any atom is -0.463 e. The van der Waals surface area contributed by atoms with Gasteiger partial charge in [-0.1, -0.05) is 29.8 Å². The SMILES string of the molecule is COC(=O)c1ccc(COC(=O)CN2C(=O)N[C@](C)(c3ccc(C)cc3)C2=O)o1. The molecule has 1 aliphatic heterocycles. The van der Waals surface area contributed by atoms with Crippen molar-refractivity contribution in [2.24, 2.45) is 0 Å². The fourth-order valence-corrected chi connectivity index (χ4v) is 2.92. The standard InChI is InChI=1S/C20H20N2O7/c1-12-4-6-13(7-5-12)20(2)18(25)22(19(26)21-20)10-16(23)28-11-14-8-9-15(29-14)17(24)27-3/h4-9H,10-11H2,1-3H3,(H,21,26)/t20-/m1/s1. The van der Waals surface area contributed by atoms with E-state index in [9.17, 15) is 19.2 Å². The lowest BCUT2D eigenvalue weighted by Crippen LogP contribution is -2.41. The average Bonchev–Trinajstić information content (AvgIpc) is 3.26. The molecule has 9 nitrogen and oxygen atoms in total. The minimum atomic E-state index is -1.26. The Hall–Kier alpha value is -3.62. The summed E-state index contributed by atoms with van der Waals surface area (Å²) < 4.78 is 14.8. The van der Waals surface area contributed by atoms with E-state index in [1.54, 1.807) is 19.1 Å². The molecule has 1 aliphatic rings. The maximum Gasteiger partial charge on any atom is 0.373 e. The Balaban J connectivity index is 1.62. The molecule has 0 spiro atoms. The number of methoxy groups -OCH3 is 1. The summed E-state index contributed by atoms with van der Waals surface area (Å²) in [6.07, 6.45) is 0. The normalized spacial score (nSPS) is 18.5. The lowest BCUT2D eigenvalue weighted by atomic mass is 9.91. The van der Waals surface area contributed by atoms with E-state index in [1.165, 1.54) is 19.2 Å². The van der Waals surface area contributed by atoms with Crippen LogP contribution in [0.3, 0.4) is 0 Å². The van der Waals surface area contributed by atoms with Gasteiger partial charge in [-0.2, -0.15) is 0 Å².